The molecule has 1 aromatic carbocycles. The molecule has 0 aliphatic rings. The highest BCUT2D eigenvalue weighted by Crippen LogP contribution is 2.31. The second-order valence-electron chi connectivity index (χ2n) is 4.88. The minimum atomic E-state index is -0.615. The lowest BCUT2D eigenvalue weighted by atomic mass is 10.0. The van der Waals surface area contributed by atoms with E-state index in [4.69, 9.17) is 4.74 Å². The van der Waals surface area contributed by atoms with Crippen molar-refractivity contribution in [1.82, 2.24) is 9.71 Å². The molecule has 122 valence electrons. The third kappa shape index (κ3) is 2.40. The van der Waals surface area contributed by atoms with Crippen LogP contribution in [0.1, 0.15) is 25.0 Å². The maximum absolute atomic E-state index is 14.2. The summed E-state index contributed by atoms with van der Waals surface area (Å²) < 4.78 is 19.6. The average Bonchev–Trinajstić information content (AvgIpc) is 2.56. The molecule has 0 amide bonds. The molecule has 3 aromatic rings. The average molecular weight is 318 g/mol. The fourth-order valence-corrected chi connectivity index (χ4v) is 2.60. The van der Waals surface area contributed by atoms with Crippen LogP contribution in [0.3, 0.4) is 0 Å². The minimum absolute atomic E-state index is 0.0447. The zero-order valence-corrected chi connectivity index (χ0v) is 13.8. The van der Waals surface area contributed by atoms with E-state index in [0.717, 1.165) is 0 Å². The van der Waals surface area contributed by atoms with Crippen LogP contribution in [0.15, 0.2) is 23.1 Å². The molecule has 2 heterocycles. The first-order valence-electron chi connectivity index (χ1n) is 7.33. The number of fused-ring (bicyclic) bond motifs is 3. The van der Waals surface area contributed by atoms with Crippen molar-refractivity contribution in [2.75, 3.05) is 7.11 Å². The van der Waals surface area contributed by atoms with Gasteiger partial charge >= 0.3 is 0 Å². The molecule has 0 spiro atoms. The Bertz CT molecular complexity index is 948. The third-order valence-corrected chi connectivity index (χ3v) is 3.68. The van der Waals surface area contributed by atoms with Gasteiger partial charge in [-0.2, -0.15) is 0 Å². The van der Waals surface area contributed by atoms with Crippen LogP contribution in [-0.2, 0) is 0 Å². The van der Waals surface area contributed by atoms with Gasteiger partial charge in [-0.15, -0.1) is 4.73 Å². The number of methoxy groups -OCH3 is 1. The van der Waals surface area contributed by atoms with Gasteiger partial charge in [0.05, 0.1) is 23.5 Å². The van der Waals surface area contributed by atoms with E-state index in [1.165, 1.54) is 20.1 Å². The number of pyridine rings is 2. The summed E-state index contributed by atoms with van der Waals surface area (Å²) >= 11 is 0. The second kappa shape index (κ2) is 6.24. The van der Waals surface area contributed by atoms with Gasteiger partial charge < -0.3 is 9.94 Å². The van der Waals surface area contributed by atoms with Gasteiger partial charge in [0.2, 0.25) is 0 Å². The number of hydrogen-bond acceptors (Lipinski definition) is 4. The van der Waals surface area contributed by atoms with Crippen molar-refractivity contribution in [1.29, 1.82) is 0 Å². The van der Waals surface area contributed by atoms with E-state index in [1.54, 1.807) is 19.2 Å². The van der Waals surface area contributed by atoms with Crippen molar-refractivity contribution < 1.29 is 14.3 Å². The predicted octanol–water partition coefficient (Wildman–Crippen LogP) is 3.58. The Kier molecular flexibility index (Phi) is 4.54. The topological polar surface area (TPSA) is 64.3 Å². The van der Waals surface area contributed by atoms with Gasteiger partial charge in [-0.05, 0) is 31.5 Å². The van der Waals surface area contributed by atoms with Crippen LogP contribution in [-0.4, -0.2) is 22.0 Å². The number of aromatic nitrogens is 2. The Hall–Kier alpha value is -2.63. The van der Waals surface area contributed by atoms with Gasteiger partial charge in [0.1, 0.15) is 0 Å². The molecule has 0 aliphatic carbocycles. The molecular formula is C17H19FN2O3. The number of benzene rings is 1. The summed E-state index contributed by atoms with van der Waals surface area (Å²) in [7, 11) is 1.36. The van der Waals surface area contributed by atoms with E-state index in [2.05, 4.69) is 4.98 Å². The van der Waals surface area contributed by atoms with E-state index in [0.29, 0.717) is 26.6 Å². The van der Waals surface area contributed by atoms with Crippen LogP contribution < -0.4 is 10.3 Å². The first kappa shape index (κ1) is 16.7. The summed E-state index contributed by atoms with van der Waals surface area (Å²) in [5.74, 6) is -0.567. The second-order valence-corrected chi connectivity index (χ2v) is 4.88. The standard InChI is InChI=1S/C15H13FN2O3.C2H6/c1-7-4-5-17-13-9-6-10(21-3)12(16)8(2)14(9)18(20)15(19)11(7)13;1-2/h4-6,20H,1-3H3;1-2H3. The Morgan fingerprint density at radius 3 is 2.57 bits per heavy atom. The lowest BCUT2D eigenvalue weighted by Crippen LogP contribution is -2.20. The highest BCUT2D eigenvalue weighted by Gasteiger charge is 2.19. The van der Waals surface area contributed by atoms with Crippen molar-refractivity contribution in [2.45, 2.75) is 27.7 Å². The normalized spacial score (nSPS) is 10.5. The quantitative estimate of drug-likeness (QED) is 0.550. The lowest BCUT2D eigenvalue weighted by Gasteiger charge is -2.13. The summed E-state index contributed by atoms with van der Waals surface area (Å²) in [5.41, 5.74) is 0.728. The van der Waals surface area contributed by atoms with Gasteiger partial charge in [0, 0.05) is 17.1 Å². The number of ether oxygens (including phenoxy) is 1. The van der Waals surface area contributed by atoms with Crippen molar-refractivity contribution >= 4 is 21.8 Å². The van der Waals surface area contributed by atoms with Gasteiger partial charge in [-0.25, -0.2) is 4.39 Å². The molecule has 0 radical (unpaired) electrons. The first-order chi connectivity index (χ1) is 11.0. The van der Waals surface area contributed by atoms with Crippen LogP contribution in [0.5, 0.6) is 5.75 Å². The summed E-state index contributed by atoms with van der Waals surface area (Å²) in [4.78, 5) is 16.5. The molecule has 2 aromatic heterocycles. The number of nitrogens with zero attached hydrogens (tertiary/aromatic N) is 2. The molecule has 0 saturated heterocycles. The number of hydrogen-bond donors (Lipinski definition) is 1. The maximum Gasteiger partial charge on any atom is 0.293 e. The SMILES string of the molecule is CC.COc1cc2c3nccc(C)c3c(=O)n(O)c2c(C)c1F. The Morgan fingerprint density at radius 2 is 1.96 bits per heavy atom. The Balaban J connectivity index is 0.000000924. The Labute approximate surface area is 132 Å². The summed E-state index contributed by atoms with van der Waals surface area (Å²) in [5, 5.41) is 10.9. The molecule has 0 atom stereocenters. The maximum atomic E-state index is 14.2. The monoisotopic (exact) mass is 318 g/mol. The van der Waals surface area contributed by atoms with Crippen LogP contribution >= 0.6 is 0 Å². The molecule has 0 saturated carbocycles. The van der Waals surface area contributed by atoms with E-state index >= 15 is 0 Å². The summed E-state index contributed by atoms with van der Waals surface area (Å²) in [6.07, 6.45) is 1.57. The summed E-state index contributed by atoms with van der Waals surface area (Å²) in [6, 6.07) is 3.13. The molecule has 1 N–H and O–H groups in total. The predicted molar refractivity (Wildman–Crippen MR) is 88.0 cm³/mol. The van der Waals surface area contributed by atoms with Gasteiger partial charge in [-0.3, -0.25) is 9.78 Å². The van der Waals surface area contributed by atoms with Crippen molar-refractivity contribution in [3.63, 3.8) is 0 Å². The largest absolute Gasteiger partial charge is 0.494 e. The van der Waals surface area contributed by atoms with Crippen LogP contribution in [0, 0.1) is 19.7 Å². The zero-order chi connectivity index (χ0) is 17.3. The molecule has 5 nitrogen and oxygen atoms in total. The zero-order valence-electron chi connectivity index (χ0n) is 13.8. The summed E-state index contributed by atoms with van der Waals surface area (Å²) in [6.45, 7) is 7.23. The number of aryl methyl sites for hydroxylation is 2. The first-order valence-corrected chi connectivity index (χ1v) is 7.33. The van der Waals surface area contributed by atoms with E-state index < -0.39 is 11.4 Å². The van der Waals surface area contributed by atoms with Crippen LogP contribution in [0.25, 0.3) is 21.8 Å². The van der Waals surface area contributed by atoms with Crippen LogP contribution in [0.2, 0.25) is 0 Å². The molecule has 3 rings (SSSR count). The molecular weight excluding hydrogens is 299 g/mol. The van der Waals surface area contributed by atoms with Gasteiger partial charge in [0.15, 0.2) is 11.6 Å². The fourth-order valence-electron chi connectivity index (χ4n) is 2.60. The molecule has 0 aliphatic heterocycles. The minimum Gasteiger partial charge on any atom is -0.494 e. The van der Waals surface area contributed by atoms with E-state index in [9.17, 15) is 14.4 Å². The Morgan fingerprint density at radius 1 is 1.30 bits per heavy atom. The molecule has 0 bridgehead atoms. The fraction of sp³-hybridized carbons (Fsp3) is 0.294. The van der Waals surface area contributed by atoms with Crippen LogP contribution in [0.4, 0.5) is 4.39 Å². The van der Waals surface area contributed by atoms with Crippen molar-refractivity contribution in [2.24, 2.45) is 0 Å². The highest BCUT2D eigenvalue weighted by atomic mass is 19.1. The number of rotatable bonds is 1. The van der Waals surface area contributed by atoms with Gasteiger partial charge in [-0.1, -0.05) is 13.8 Å². The smallest absolute Gasteiger partial charge is 0.293 e. The van der Waals surface area contributed by atoms with E-state index in [1.807, 2.05) is 13.8 Å². The van der Waals surface area contributed by atoms with Crippen molar-refractivity contribution in [3.05, 3.63) is 45.6 Å². The molecule has 0 fully saturated rings. The molecule has 23 heavy (non-hydrogen) atoms. The third-order valence-electron chi connectivity index (χ3n) is 3.68. The van der Waals surface area contributed by atoms with Crippen molar-refractivity contribution in [3.8, 4) is 5.75 Å². The lowest BCUT2D eigenvalue weighted by molar-refractivity contribution is 0.189. The molecule has 0 unspecified atom stereocenters. The van der Waals surface area contributed by atoms with E-state index in [-0.39, 0.29) is 16.8 Å². The highest BCUT2D eigenvalue weighted by molar-refractivity contribution is 6.05. The van der Waals surface area contributed by atoms with Gasteiger partial charge in [0.25, 0.3) is 5.56 Å². The molecule has 6 heteroatoms. The number of halogens is 1.